The maximum atomic E-state index is 12.3. The molecule has 0 radical (unpaired) electrons. The average molecular weight is 305 g/mol. The number of carboxylic acids is 1. The van der Waals surface area contributed by atoms with Crippen molar-refractivity contribution in [3.05, 3.63) is 44.6 Å². The van der Waals surface area contributed by atoms with Crippen LogP contribution in [0.25, 0.3) is 0 Å². The van der Waals surface area contributed by atoms with E-state index in [2.05, 4.69) is 10.1 Å². The number of rotatable bonds is 4. The highest BCUT2D eigenvalue weighted by atomic mass is 16.4. The molecule has 0 bridgehead atoms. The van der Waals surface area contributed by atoms with Crippen molar-refractivity contribution in [1.82, 2.24) is 14.8 Å². The minimum absolute atomic E-state index is 0.0622. The Hall–Kier alpha value is -2.57. The second kappa shape index (κ2) is 5.67. The lowest BCUT2D eigenvalue weighted by molar-refractivity contribution is -0.137. The van der Waals surface area contributed by atoms with Crippen LogP contribution in [0.15, 0.2) is 10.9 Å². The summed E-state index contributed by atoms with van der Waals surface area (Å²) in [6.45, 7) is 5.22. The van der Waals surface area contributed by atoms with Gasteiger partial charge in [-0.25, -0.2) is 0 Å². The van der Waals surface area contributed by atoms with Crippen LogP contribution in [-0.4, -0.2) is 30.9 Å². The van der Waals surface area contributed by atoms with Crippen molar-refractivity contribution >= 4 is 5.97 Å². The predicted octanol–water partition coefficient (Wildman–Crippen LogP) is 1.35. The summed E-state index contributed by atoms with van der Waals surface area (Å²) in [7, 11) is 1.75. The summed E-state index contributed by atoms with van der Waals surface area (Å²) in [5.74, 6) is -2.00. The quantitative estimate of drug-likeness (QED) is 0.790. The van der Waals surface area contributed by atoms with Crippen LogP contribution in [0.5, 0.6) is 5.75 Å². The molecule has 0 amide bonds. The summed E-state index contributed by atoms with van der Waals surface area (Å²) in [6.07, 6.45) is -0.299. The summed E-state index contributed by atoms with van der Waals surface area (Å²) in [5.41, 5.74) is 2.17. The molecule has 2 heterocycles. The number of nitrogens with one attached hydrogen (secondary N) is 1. The van der Waals surface area contributed by atoms with Gasteiger partial charge in [-0.3, -0.25) is 14.3 Å². The van der Waals surface area contributed by atoms with Gasteiger partial charge >= 0.3 is 5.97 Å². The monoisotopic (exact) mass is 305 g/mol. The van der Waals surface area contributed by atoms with Gasteiger partial charge in [0.15, 0.2) is 0 Å². The van der Waals surface area contributed by atoms with Gasteiger partial charge in [0, 0.05) is 29.9 Å². The van der Waals surface area contributed by atoms with Crippen LogP contribution in [0.2, 0.25) is 0 Å². The second-order valence-electron chi connectivity index (χ2n) is 5.44. The van der Waals surface area contributed by atoms with E-state index < -0.39 is 17.4 Å². The normalized spacial score (nSPS) is 12.4. The smallest absolute Gasteiger partial charge is 0.304 e. The van der Waals surface area contributed by atoms with E-state index in [9.17, 15) is 19.8 Å². The Morgan fingerprint density at radius 3 is 2.45 bits per heavy atom. The van der Waals surface area contributed by atoms with E-state index in [0.717, 1.165) is 5.69 Å². The number of hydrogen-bond donors (Lipinski definition) is 3. The molecule has 0 fully saturated rings. The highest BCUT2D eigenvalue weighted by Gasteiger charge is 2.29. The molecule has 0 aliphatic carbocycles. The van der Waals surface area contributed by atoms with E-state index in [1.807, 2.05) is 6.92 Å². The molecular formula is C15H19N3O4. The van der Waals surface area contributed by atoms with E-state index in [4.69, 9.17) is 0 Å². The van der Waals surface area contributed by atoms with Gasteiger partial charge in [-0.1, -0.05) is 0 Å². The number of H-pyrrole nitrogens is 1. The van der Waals surface area contributed by atoms with Crippen molar-refractivity contribution < 1.29 is 15.0 Å². The van der Waals surface area contributed by atoms with Crippen LogP contribution in [0.1, 0.15) is 40.5 Å². The molecule has 0 aliphatic heterocycles. The molecule has 0 saturated carbocycles. The standard InChI is InChI=1S/C15H19N3O4/c1-7-5-11(19)14(15(22)16-7)10(6-12(20)21)13-8(2)17-18(4)9(13)3/h5,10H,6H2,1-4H3,(H,20,21)(H2,16,19,22)/t10-/m1/s1. The van der Waals surface area contributed by atoms with Crippen LogP contribution < -0.4 is 5.56 Å². The first-order chi connectivity index (χ1) is 10.2. The first-order valence-corrected chi connectivity index (χ1v) is 6.87. The Morgan fingerprint density at radius 1 is 1.36 bits per heavy atom. The Bertz CT molecular complexity index is 789. The molecule has 0 aromatic carbocycles. The van der Waals surface area contributed by atoms with Crippen molar-refractivity contribution in [3.8, 4) is 5.75 Å². The number of aromatic hydroxyl groups is 1. The van der Waals surface area contributed by atoms with E-state index in [1.165, 1.54) is 6.07 Å². The molecule has 7 heteroatoms. The number of nitrogens with zero attached hydrogens (tertiary/aromatic N) is 2. The van der Waals surface area contributed by atoms with E-state index >= 15 is 0 Å². The number of aromatic amines is 1. The SMILES string of the molecule is Cc1cc(O)c([C@H](CC(=O)O)c2c(C)nn(C)c2C)c(=O)[nH]1. The fourth-order valence-electron chi connectivity index (χ4n) is 2.84. The predicted molar refractivity (Wildman–Crippen MR) is 80.2 cm³/mol. The number of aryl methyl sites for hydroxylation is 3. The molecule has 7 nitrogen and oxygen atoms in total. The number of carbonyl (C=O) groups is 1. The third kappa shape index (κ3) is 2.74. The number of aromatic nitrogens is 3. The molecule has 1 atom stereocenters. The topological polar surface area (TPSA) is 108 Å². The van der Waals surface area contributed by atoms with Gasteiger partial charge < -0.3 is 15.2 Å². The van der Waals surface area contributed by atoms with Crippen molar-refractivity contribution in [1.29, 1.82) is 0 Å². The fraction of sp³-hybridized carbons (Fsp3) is 0.400. The van der Waals surface area contributed by atoms with Crippen LogP contribution >= 0.6 is 0 Å². The molecule has 3 N–H and O–H groups in total. The Morgan fingerprint density at radius 2 is 2.00 bits per heavy atom. The zero-order chi connectivity index (χ0) is 16.6. The average Bonchev–Trinajstić information content (AvgIpc) is 2.60. The fourth-order valence-corrected chi connectivity index (χ4v) is 2.84. The van der Waals surface area contributed by atoms with Gasteiger partial charge in [0.05, 0.1) is 17.7 Å². The van der Waals surface area contributed by atoms with E-state index in [0.29, 0.717) is 17.0 Å². The van der Waals surface area contributed by atoms with Crippen molar-refractivity contribution in [2.45, 2.75) is 33.1 Å². The maximum Gasteiger partial charge on any atom is 0.304 e. The summed E-state index contributed by atoms with van der Waals surface area (Å²) >= 11 is 0. The molecule has 0 spiro atoms. The molecule has 22 heavy (non-hydrogen) atoms. The highest BCUT2D eigenvalue weighted by Crippen LogP contribution is 2.34. The minimum atomic E-state index is -1.05. The number of carboxylic acid groups (broad SMARTS) is 1. The van der Waals surface area contributed by atoms with Gasteiger partial charge in [-0.2, -0.15) is 5.10 Å². The highest BCUT2D eigenvalue weighted by molar-refractivity contribution is 5.69. The lowest BCUT2D eigenvalue weighted by Crippen LogP contribution is -2.21. The molecule has 0 unspecified atom stereocenters. The maximum absolute atomic E-state index is 12.3. The largest absolute Gasteiger partial charge is 0.507 e. The Labute approximate surface area is 127 Å². The van der Waals surface area contributed by atoms with Crippen LogP contribution in [0.3, 0.4) is 0 Å². The molecular weight excluding hydrogens is 286 g/mol. The Kier molecular flexibility index (Phi) is 4.07. The zero-order valence-electron chi connectivity index (χ0n) is 13.0. The molecule has 2 aromatic heterocycles. The second-order valence-corrected chi connectivity index (χ2v) is 5.44. The Balaban J connectivity index is 2.72. The molecule has 0 aliphatic rings. The van der Waals surface area contributed by atoms with Gasteiger partial charge in [0.2, 0.25) is 0 Å². The first-order valence-electron chi connectivity index (χ1n) is 6.87. The van der Waals surface area contributed by atoms with Gasteiger partial charge in [-0.15, -0.1) is 0 Å². The van der Waals surface area contributed by atoms with E-state index in [1.54, 1.807) is 25.6 Å². The van der Waals surface area contributed by atoms with Crippen LogP contribution in [-0.2, 0) is 11.8 Å². The summed E-state index contributed by atoms with van der Waals surface area (Å²) in [6, 6.07) is 1.42. The van der Waals surface area contributed by atoms with E-state index in [-0.39, 0.29) is 17.7 Å². The summed E-state index contributed by atoms with van der Waals surface area (Å²) in [5, 5.41) is 23.6. The third-order valence-corrected chi connectivity index (χ3v) is 3.83. The molecule has 2 aromatic rings. The first kappa shape index (κ1) is 15.8. The lowest BCUT2D eigenvalue weighted by atomic mass is 9.87. The summed E-state index contributed by atoms with van der Waals surface area (Å²) < 4.78 is 1.64. The summed E-state index contributed by atoms with van der Waals surface area (Å²) in [4.78, 5) is 26.1. The van der Waals surface area contributed by atoms with Gasteiger partial charge in [-0.05, 0) is 26.8 Å². The number of hydrogen-bond acceptors (Lipinski definition) is 4. The minimum Gasteiger partial charge on any atom is -0.507 e. The molecule has 118 valence electrons. The van der Waals surface area contributed by atoms with Crippen molar-refractivity contribution in [3.63, 3.8) is 0 Å². The van der Waals surface area contributed by atoms with Gasteiger partial charge in [0.25, 0.3) is 5.56 Å². The van der Waals surface area contributed by atoms with Crippen molar-refractivity contribution in [2.75, 3.05) is 0 Å². The lowest BCUT2D eigenvalue weighted by Gasteiger charge is -2.17. The van der Waals surface area contributed by atoms with Gasteiger partial charge in [0.1, 0.15) is 5.75 Å². The molecule has 2 rings (SSSR count). The van der Waals surface area contributed by atoms with Crippen LogP contribution in [0, 0.1) is 20.8 Å². The number of aliphatic carboxylic acids is 1. The van der Waals surface area contributed by atoms with Crippen molar-refractivity contribution in [2.24, 2.45) is 7.05 Å². The molecule has 0 saturated heterocycles. The third-order valence-electron chi connectivity index (χ3n) is 3.83. The zero-order valence-corrected chi connectivity index (χ0v) is 13.0. The number of pyridine rings is 1. The van der Waals surface area contributed by atoms with Crippen LogP contribution in [0.4, 0.5) is 0 Å².